The van der Waals surface area contributed by atoms with E-state index in [-0.39, 0.29) is 9.80 Å². The van der Waals surface area contributed by atoms with Gasteiger partial charge in [0.15, 0.2) is 0 Å². The normalized spacial score (nSPS) is 19.6. The van der Waals surface area contributed by atoms with E-state index in [1.807, 2.05) is 0 Å². The van der Waals surface area contributed by atoms with Crippen molar-refractivity contribution >= 4 is 24.1 Å². The van der Waals surface area contributed by atoms with E-state index in [1.165, 1.54) is 0 Å². The second-order valence-corrected chi connectivity index (χ2v) is 3.38. The largest absolute Gasteiger partial charge is 0.465 e. The zero-order valence-electron chi connectivity index (χ0n) is 7.92. The van der Waals surface area contributed by atoms with Crippen LogP contribution in [0.15, 0.2) is 0 Å². The van der Waals surface area contributed by atoms with Crippen molar-refractivity contribution in [1.29, 1.82) is 0 Å². The summed E-state index contributed by atoms with van der Waals surface area (Å²) in [6.45, 7) is 2.31. The lowest BCUT2D eigenvalue weighted by Gasteiger charge is -2.22. The van der Waals surface area contributed by atoms with Crippen molar-refractivity contribution in [3.8, 4) is 0 Å². The average Bonchev–Trinajstić information content (AvgIpc) is 2.17. The second kappa shape index (κ2) is 2.94. The van der Waals surface area contributed by atoms with Crippen molar-refractivity contribution in [3.63, 3.8) is 0 Å². The second-order valence-electron chi connectivity index (χ2n) is 3.38. The first-order valence-corrected chi connectivity index (χ1v) is 3.86. The van der Waals surface area contributed by atoms with Crippen molar-refractivity contribution in [3.05, 3.63) is 0 Å². The molecule has 1 aliphatic rings. The van der Waals surface area contributed by atoms with Crippen LogP contribution >= 0.6 is 0 Å². The highest BCUT2D eigenvalue weighted by Crippen LogP contribution is 2.27. The highest BCUT2D eigenvalue weighted by Gasteiger charge is 2.57. The van der Waals surface area contributed by atoms with Crippen LogP contribution in [0, 0.1) is 0 Å². The van der Waals surface area contributed by atoms with Gasteiger partial charge in [0.1, 0.15) is 5.54 Å². The predicted octanol–water partition coefficient (Wildman–Crippen LogP) is 0.385. The molecule has 82 valence electrons. The first kappa shape index (κ1) is 11.0. The summed E-state index contributed by atoms with van der Waals surface area (Å²) in [5.41, 5.74) is -1.69. The molecule has 8 heteroatoms. The number of amides is 5. The minimum atomic E-state index is -1.79. The van der Waals surface area contributed by atoms with Crippen LogP contribution in [0.3, 0.4) is 0 Å². The summed E-state index contributed by atoms with van der Waals surface area (Å²) in [4.78, 5) is 44.0. The molecular formula is C7H8N2O6. The third-order valence-corrected chi connectivity index (χ3v) is 2.05. The number of imide groups is 4. The van der Waals surface area contributed by atoms with Gasteiger partial charge in [-0.1, -0.05) is 0 Å². The van der Waals surface area contributed by atoms with Gasteiger partial charge in [-0.15, -0.1) is 0 Å². The topological polar surface area (TPSA) is 115 Å². The average molecular weight is 216 g/mol. The number of rotatable bonds is 0. The minimum absolute atomic E-state index is 0.117. The monoisotopic (exact) mass is 216 g/mol. The molecule has 0 radical (unpaired) electrons. The van der Waals surface area contributed by atoms with Crippen molar-refractivity contribution in [1.82, 2.24) is 9.80 Å². The van der Waals surface area contributed by atoms with Gasteiger partial charge < -0.3 is 10.2 Å². The van der Waals surface area contributed by atoms with E-state index >= 15 is 0 Å². The molecule has 1 saturated heterocycles. The van der Waals surface area contributed by atoms with Gasteiger partial charge in [0.25, 0.3) is 5.91 Å². The number of hydrogen-bond donors (Lipinski definition) is 2. The Balaban J connectivity index is 3.26. The lowest BCUT2D eigenvalue weighted by Crippen LogP contribution is -2.47. The fourth-order valence-corrected chi connectivity index (χ4v) is 1.28. The third kappa shape index (κ3) is 1.30. The maximum absolute atomic E-state index is 11.4. The summed E-state index contributed by atoms with van der Waals surface area (Å²) in [5.74, 6) is -1.08. The van der Waals surface area contributed by atoms with Crippen molar-refractivity contribution < 1.29 is 29.4 Å². The summed E-state index contributed by atoms with van der Waals surface area (Å²) < 4.78 is 0. The molecule has 8 nitrogen and oxygen atoms in total. The first-order valence-electron chi connectivity index (χ1n) is 3.86. The summed E-state index contributed by atoms with van der Waals surface area (Å²) in [5, 5.41) is 17.2. The van der Waals surface area contributed by atoms with Gasteiger partial charge in [-0.2, -0.15) is 4.90 Å². The van der Waals surface area contributed by atoms with E-state index in [9.17, 15) is 19.2 Å². The van der Waals surface area contributed by atoms with E-state index < -0.39 is 29.7 Å². The Bertz CT molecular complexity index is 374. The molecule has 1 rings (SSSR count). The number of carbonyl (C=O) groups is 4. The van der Waals surface area contributed by atoms with Crippen LogP contribution in [0.1, 0.15) is 13.8 Å². The molecule has 0 aromatic heterocycles. The van der Waals surface area contributed by atoms with Crippen LogP contribution in [0.4, 0.5) is 14.4 Å². The number of hydrogen-bond acceptors (Lipinski definition) is 4. The minimum Gasteiger partial charge on any atom is -0.465 e. The zero-order valence-corrected chi connectivity index (χ0v) is 7.92. The molecule has 5 amide bonds. The van der Waals surface area contributed by atoms with E-state index in [0.717, 1.165) is 13.8 Å². The fourth-order valence-electron chi connectivity index (χ4n) is 1.28. The molecule has 0 atom stereocenters. The molecular weight excluding hydrogens is 208 g/mol. The van der Waals surface area contributed by atoms with Gasteiger partial charge in [-0.05, 0) is 13.8 Å². The molecule has 15 heavy (non-hydrogen) atoms. The van der Waals surface area contributed by atoms with Crippen molar-refractivity contribution in [2.75, 3.05) is 0 Å². The summed E-state index contributed by atoms with van der Waals surface area (Å²) in [6.07, 6.45) is -3.45. The Morgan fingerprint density at radius 2 is 1.60 bits per heavy atom. The van der Waals surface area contributed by atoms with Crippen LogP contribution in [0.2, 0.25) is 0 Å². The number of nitrogens with zero attached hydrogens (tertiary/aromatic N) is 2. The van der Waals surface area contributed by atoms with Crippen LogP contribution < -0.4 is 0 Å². The quantitative estimate of drug-likeness (QED) is 0.565. The van der Waals surface area contributed by atoms with Gasteiger partial charge >= 0.3 is 18.2 Å². The Morgan fingerprint density at radius 1 is 1.13 bits per heavy atom. The Labute approximate surface area is 83.7 Å². The van der Waals surface area contributed by atoms with Gasteiger partial charge in [0.2, 0.25) is 0 Å². The molecule has 1 aliphatic heterocycles. The van der Waals surface area contributed by atoms with Gasteiger partial charge in [-0.25, -0.2) is 19.3 Å². The third-order valence-electron chi connectivity index (χ3n) is 2.05. The SMILES string of the molecule is CC1(C)C(=O)N(C(=O)O)C(=O)N1C(=O)O. The number of carboxylic acid groups (broad SMARTS) is 2. The van der Waals surface area contributed by atoms with Crippen LogP contribution in [0.5, 0.6) is 0 Å². The molecule has 0 unspecified atom stereocenters. The van der Waals surface area contributed by atoms with Crippen molar-refractivity contribution in [2.24, 2.45) is 0 Å². The molecule has 0 spiro atoms. The molecule has 0 saturated carbocycles. The number of carbonyl (C=O) groups excluding carboxylic acids is 2. The number of urea groups is 1. The lowest BCUT2D eigenvalue weighted by atomic mass is 10.1. The van der Waals surface area contributed by atoms with E-state index in [0.29, 0.717) is 0 Å². The van der Waals surface area contributed by atoms with E-state index in [4.69, 9.17) is 10.2 Å². The Kier molecular flexibility index (Phi) is 2.15. The zero-order chi connectivity index (χ0) is 12.0. The Morgan fingerprint density at radius 3 is 1.80 bits per heavy atom. The Hall–Kier alpha value is -2.12. The molecule has 0 bridgehead atoms. The summed E-state index contributed by atoms with van der Waals surface area (Å²) in [7, 11) is 0. The first-order chi connectivity index (χ1) is 6.71. The van der Waals surface area contributed by atoms with Gasteiger partial charge in [0, 0.05) is 0 Å². The standard InChI is InChI=1S/C7H8N2O6/c1-7(2)3(10)8(5(12)13)4(11)9(7)6(14)15/h1-2H3,(H,12,13)(H,14,15). The predicted molar refractivity (Wildman–Crippen MR) is 44.2 cm³/mol. The molecule has 1 heterocycles. The van der Waals surface area contributed by atoms with Crippen LogP contribution in [0.25, 0.3) is 0 Å². The highest BCUT2D eigenvalue weighted by molar-refractivity contribution is 6.19. The van der Waals surface area contributed by atoms with Crippen LogP contribution in [-0.2, 0) is 4.79 Å². The fraction of sp³-hybridized carbons (Fsp3) is 0.429. The van der Waals surface area contributed by atoms with E-state index in [1.54, 1.807) is 0 Å². The highest BCUT2D eigenvalue weighted by atomic mass is 16.4. The lowest BCUT2D eigenvalue weighted by molar-refractivity contribution is -0.130. The summed E-state index contributed by atoms with van der Waals surface area (Å²) >= 11 is 0. The van der Waals surface area contributed by atoms with Gasteiger partial charge in [-0.3, -0.25) is 4.79 Å². The van der Waals surface area contributed by atoms with Gasteiger partial charge in [0.05, 0.1) is 0 Å². The molecule has 0 aromatic carbocycles. The van der Waals surface area contributed by atoms with Crippen LogP contribution in [-0.4, -0.2) is 49.7 Å². The maximum atomic E-state index is 11.4. The van der Waals surface area contributed by atoms with E-state index in [2.05, 4.69) is 0 Å². The molecule has 2 N–H and O–H groups in total. The maximum Gasteiger partial charge on any atom is 0.422 e. The smallest absolute Gasteiger partial charge is 0.422 e. The molecule has 0 aromatic rings. The summed E-state index contributed by atoms with van der Waals surface area (Å²) in [6, 6.07) is -1.37. The molecule has 0 aliphatic carbocycles. The van der Waals surface area contributed by atoms with Crippen molar-refractivity contribution in [2.45, 2.75) is 19.4 Å². The molecule has 1 fully saturated rings.